The zero-order valence-corrected chi connectivity index (χ0v) is 16.1. The summed E-state index contributed by atoms with van der Waals surface area (Å²) < 4.78 is 37.7. The first-order valence-electron chi connectivity index (χ1n) is 9.62. The van der Waals surface area contributed by atoms with E-state index in [2.05, 4.69) is 5.32 Å². The van der Waals surface area contributed by atoms with Gasteiger partial charge in [0, 0.05) is 36.5 Å². The molecule has 6 nitrogen and oxygen atoms in total. The number of pyridine rings is 1. The van der Waals surface area contributed by atoms with Crippen molar-refractivity contribution in [3.63, 3.8) is 0 Å². The van der Waals surface area contributed by atoms with Crippen molar-refractivity contribution in [2.75, 3.05) is 7.11 Å². The number of carboxylic acids is 1. The quantitative estimate of drug-likeness (QED) is 0.685. The smallest absolute Gasteiger partial charge is 0.341 e. The summed E-state index contributed by atoms with van der Waals surface area (Å²) in [4.78, 5) is 24.3. The van der Waals surface area contributed by atoms with Gasteiger partial charge in [-0.3, -0.25) is 4.79 Å². The maximum Gasteiger partial charge on any atom is 0.341 e. The standard InChI is InChI=1S/C22H18F2N2O4/c1-30-21-17(12-5-2-10-7-25-8-14(10)18(12)24)16(23)6-13-19(21)26(11-3-4-11)9-15(20(13)27)22(28)29/h2,5-6,9,11,25H,3-4,7-8H2,1H3,(H,28,29). The lowest BCUT2D eigenvalue weighted by Gasteiger charge is -2.19. The molecule has 1 aromatic heterocycles. The third-order valence-corrected chi connectivity index (χ3v) is 5.82. The van der Waals surface area contributed by atoms with E-state index in [1.807, 2.05) is 0 Å². The topological polar surface area (TPSA) is 80.6 Å². The largest absolute Gasteiger partial charge is 0.494 e. The summed E-state index contributed by atoms with van der Waals surface area (Å²) >= 11 is 0. The van der Waals surface area contributed by atoms with Crippen molar-refractivity contribution < 1.29 is 23.4 Å². The molecular weight excluding hydrogens is 394 g/mol. The molecule has 0 radical (unpaired) electrons. The molecule has 30 heavy (non-hydrogen) atoms. The number of benzene rings is 2. The monoisotopic (exact) mass is 412 g/mol. The van der Waals surface area contributed by atoms with Crippen LogP contribution in [-0.4, -0.2) is 22.8 Å². The number of carbonyl (C=O) groups is 1. The van der Waals surface area contributed by atoms with Crippen LogP contribution in [0.3, 0.4) is 0 Å². The van der Waals surface area contributed by atoms with Crippen molar-refractivity contribution in [3.05, 3.63) is 62.9 Å². The van der Waals surface area contributed by atoms with Gasteiger partial charge in [0.05, 0.1) is 23.6 Å². The normalized spacial score (nSPS) is 15.4. The van der Waals surface area contributed by atoms with Crippen LogP contribution in [0.15, 0.2) is 29.2 Å². The fourth-order valence-electron chi connectivity index (χ4n) is 4.23. The number of hydrogen-bond acceptors (Lipinski definition) is 4. The maximum atomic E-state index is 15.3. The average molecular weight is 412 g/mol. The van der Waals surface area contributed by atoms with Crippen molar-refractivity contribution >= 4 is 16.9 Å². The fraction of sp³-hybridized carbons (Fsp3) is 0.273. The van der Waals surface area contributed by atoms with Crippen LogP contribution >= 0.6 is 0 Å². The van der Waals surface area contributed by atoms with E-state index in [0.29, 0.717) is 18.7 Å². The van der Waals surface area contributed by atoms with E-state index < -0.39 is 28.6 Å². The number of rotatable bonds is 4. The Balaban J connectivity index is 1.89. The number of ether oxygens (including phenoxy) is 1. The number of nitrogens with one attached hydrogen (secondary N) is 1. The summed E-state index contributed by atoms with van der Waals surface area (Å²) in [7, 11) is 1.33. The lowest BCUT2D eigenvalue weighted by Crippen LogP contribution is -2.19. The molecule has 0 unspecified atom stereocenters. The Morgan fingerprint density at radius 1 is 1.27 bits per heavy atom. The van der Waals surface area contributed by atoms with E-state index >= 15 is 8.78 Å². The van der Waals surface area contributed by atoms with E-state index in [4.69, 9.17) is 4.74 Å². The molecule has 2 N–H and O–H groups in total. The molecule has 154 valence electrons. The predicted molar refractivity (Wildman–Crippen MR) is 106 cm³/mol. The molecule has 8 heteroatoms. The SMILES string of the molecule is COc1c(-c2ccc3c(c2F)CNC3)c(F)cc2c(=O)c(C(=O)O)cn(C3CC3)c12. The molecule has 2 aliphatic rings. The van der Waals surface area contributed by atoms with Gasteiger partial charge in [0.15, 0.2) is 5.75 Å². The minimum atomic E-state index is -1.38. The molecule has 0 amide bonds. The molecule has 0 saturated heterocycles. The van der Waals surface area contributed by atoms with Crippen molar-refractivity contribution in [2.45, 2.75) is 32.0 Å². The fourth-order valence-corrected chi connectivity index (χ4v) is 4.23. The second-order valence-corrected chi connectivity index (χ2v) is 7.65. The Hall–Kier alpha value is -3.26. The number of halogens is 2. The first kappa shape index (κ1) is 18.7. The van der Waals surface area contributed by atoms with Gasteiger partial charge in [0.1, 0.15) is 17.2 Å². The van der Waals surface area contributed by atoms with E-state index in [1.165, 1.54) is 19.4 Å². The Kier molecular flexibility index (Phi) is 4.14. The van der Waals surface area contributed by atoms with E-state index in [9.17, 15) is 14.7 Å². The van der Waals surface area contributed by atoms with E-state index in [-0.39, 0.29) is 33.8 Å². The number of aromatic nitrogens is 1. The molecule has 0 bridgehead atoms. The second kappa shape index (κ2) is 6.63. The molecule has 5 rings (SSSR count). The van der Waals surface area contributed by atoms with Gasteiger partial charge in [-0.2, -0.15) is 0 Å². The van der Waals surface area contributed by atoms with Crippen LogP contribution in [0.1, 0.15) is 40.4 Å². The molecule has 2 heterocycles. The Labute approximate surface area is 169 Å². The summed E-state index contributed by atoms with van der Waals surface area (Å²) in [6.45, 7) is 0.893. The number of hydrogen-bond donors (Lipinski definition) is 2. The summed E-state index contributed by atoms with van der Waals surface area (Å²) in [6, 6.07) is 4.23. The minimum absolute atomic E-state index is 0.0209. The Bertz CT molecular complexity index is 1300. The molecule has 1 aliphatic heterocycles. The van der Waals surface area contributed by atoms with Crippen LogP contribution < -0.4 is 15.5 Å². The number of aromatic carboxylic acids is 1. The summed E-state index contributed by atoms with van der Waals surface area (Å²) in [6.07, 6.45) is 2.87. The molecule has 3 aromatic rings. The van der Waals surface area contributed by atoms with E-state index in [1.54, 1.807) is 10.6 Å². The van der Waals surface area contributed by atoms with Gasteiger partial charge in [-0.25, -0.2) is 13.6 Å². The van der Waals surface area contributed by atoms with Crippen LogP contribution in [0.2, 0.25) is 0 Å². The summed E-state index contributed by atoms with van der Waals surface area (Å²) in [5.74, 6) is -2.73. The minimum Gasteiger partial charge on any atom is -0.494 e. The van der Waals surface area contributed by atoms with Crippen LogP contribution in [0.25, 0.3) is 22.0 Å². The lowest BCUT2D eigenvalue weighted by atomic mass is 9.96. The molecule has 1 aliphatic carbocycles. The van der Waals surface area contributed by atoms with Gasteiger partial charge < -0.3 is 19.7 Å². The average Bonchev–Trinajstić information content (AvgIpc) is 3.44. The zero-order valence-electron chi connectivity index (χ0n) is 16.1. The van der Waals surface area contributed by atoms with Gasteiger partial charge in [0.25, 0.3) is 0 Å². The van der Waals surface area contributed by atoms with Crippen molar-refractivity contribution in [1.82, 2.24) is 9.88 Å². The highest BCUT2D eigenvalue weighted by Crippen LogP contribution is 2.44. The molecule has 0 atom stereocenters. The zero-order chi connectivity index (χ0) is 21.2. The maximum absolute atomic E-state index is 15.3. The van der Waals surface area contributed by atoms with Gasteiger partial charge in [0.2, 0.25) is 5.43 Å². The first-order valence-corrected chi connectivity index (χ1v) is 9.62. The summed E-state index contributed by atoms with van der Waals surface area (Å²) in [5, 5.41) is 12.4. The number of nitrogens with zero attached hydrogens (tertiary/aromatic N) is 1. The van der Waals surface area contributed by atoms with Crippen molar-refractivity contribution in [1.29, 1.82) is 0 Å². The van der Waals surface area contributed by atoms with Crippen LogP contribution in [0.5, 0.6) is 5.75 Å². The van der Waals surface area contributed by atoms with Gasteiger partial charge in [-0.1, -0.05) is 12.1 Å². The highest BCUT2D eigenvalue weighted by Gasteiger charge is 2.31. The molecule has 1 fully saturated rings. The van der Waals surface area contributed by atoms with Crippen LogP contribution in [0, 0.1) is 11.6 Å². The van der Waals surface area contributed by atoms with Crippen LogP contribution in [-0.2, 0) is 13.1 Å². The number of fused-ring (bicyclic) bond motifs is 2. The molecular formula is C22H18F2N2O4. The Morgan fingerprint density at radius 2 is 2.03 bits per heavy atom. The Morgan fingerprint density at radius 3 is 2.70 bits per heavy atom. The highest BCUT2D eigenvalue weighted by atomic mass is 19.1. The number of carboxylic acid groups (broad SMARTS) is 1. The predicted octanol–water partition coefficient (Wildman–Crippen LogP) is 3.59. The molecule has 0 spiro atoms. The molecule has 2 aromatic carbocycles. The van der Waals surface area contributed by atoms with E-state index in [0.717, 1.165) is 24.5 Å². The third kappa shape index (κ3) is 2.64. The van der Waals surface area contributed by atoms with Crippen molar-refractivity contribution in [2.24, 2.45) is 0 Å². The molecule has 1 saturated carbocycles. The first-order chi connectivity index (χ1) is 14.4. The number of methoxy groups -OCH3 is 1. The van der Waals surface area contributed by atoms with Gasteiger partial charge >= 0.3 is 5.97 Å². The lowest BCUT2D eigenvalue weighted by molar-refractivity contribution is 0.0695. The third-order valence-electron chi connectivity index (χ3n) is 5.82. The van der Waals surface area contributed by atoms with Crippen LogP contribution in [0.4, 0.5) is 8.78 Å². The van der Waals surface area contributed by atoms with Gasteiger partial charge in [-0.15, -0.1) is 0 Å². The van der Waals surface area contributed by atoms with Crippen molar-refractivity contribution in [3.8, 4) is 16.9 Å². The second-order valence-electron chi connectivity index (χ2n) is 7.65. The highest BCUT2D eigenvalue weighted by molar-refractivity contribution is 5.98. The van der Waals surface area contributed by atoms with Gasteiger partial charge in [-0.05, 0) is 24.5 Å². The summed E-state index contributed by atoms with van der Waals surface area (Å²) in [5.41, 5.74) is 0.326.